The molecule has 0 aliphatic rings. The van der Waals surface area contributed by atoms with Crippen molar-refractivity contribution in [1.29, 1.82) is 0 Å². The lowest BCUT2D eigenvalue weighted by molar-refractivity contribution is -0.136. The van der Waals surface area contributed by atoms with Crippen molar-refractivity contribution in [2.45, 2.75) is 6.18 Å². The normalized spacial score (nSPS) is 11.3. The van der Waals surface area contributed by atoms with Crippen LogP contribution in [0.1, 0.15) is 5.56 Å². The summed E-state index contributed by atoms with van der Waals surface area (Å²) in [6.07, 6.45) is -3.35. The van der Waals surface area contributed by atoms with E-state index in [0.717, 1.165) is 6.07 Å². The molecule has 10 heteroatoms. The van der Waals surface area contributed by atoms with Crippen LogP contribution in [0.2, 0.25) is 10.0 Å². The van der Waals surface area contributed by atoms with Gasteiger partial charge in [-0.05, 0) is 30.3 Å². The van der Waals surface area contributed by atoms with Gasteiger partial charge in [-0.25, -0.2) is 9.97 Å². The Morgan fingerprint density at radius 1 is 0.889 bits per heavy atom. The quantitative estimate of drug-likeness (QED) is 0.498. The maximum Gasteiger partial charge on any atom is 0.418 e. The number of nitrogens with two attached hydrogens (primary N) is 1. The van der Waals surface area contributed by atoms with Gasteiger partial charge in [-0.2, -0.15) is 13.2 Å². The predicted molar refractivity (Wildman–Crippen MR) is 101 cm³/mol. The molecule has 0 saturated heterocycles. The molecule has 2 aromatic carbocycles. The van der Waals surface area contributed by atoms with Crippen molar-refractivity contribution in [3.63, 3.8) is 0 Å². The monoisotopic (exact) mass is 413 g/mol. The molecule has 140 valence electrons. The van der Waals surface area contributed by atoms with Gasteiger partial charge in [-0.3, -0.25) is 0 Å². The van der Waals surface area contributed by atoms with Gasteiger partial charge in [0.2, 0.25) is 0 Å². The van der Waals surface area contributed by atoms with Gasteiger partial charge in [0, 0.05) is 15.7 Å². The molecule has 3 rings (SSSR count). The number of benzene rings is 2. The fourth-order valence-corrected chi connectivity index (χ4v) is 2.85. The lowest BCUT2D eigenvalue weighted by Crippen LogP contribution is -2.10. The van der Waals surface area contributed by atoms with E-state index >= 15 is 0 Å². The van der Waals surface area contributed by atoms with Crippen molar-refractivity contribution in [3.8, 4) is 0 Å². The lowest BCUT2D eigenvalue weighted by Gasteiger charge is -2.16. The van der Waals surface area contributed by atoms with Crippen LogP contribution in [0.15, 0.2) is 48.8 Å². The van der Waals surface area contributed by atoms with Gasteiger partial charge < -0.3 is 16.4 Å². The third-order valence-electron chi connectivity index (χ3n) is 3.49. The van der Waals surface area contributed by atoms with E-state index in [1.165, 1.54) is 24.5 Å². The second-order valence-electron chi connectivity index (χ2n) is 5.44. The van der Waals surface area contributed by atoms with E-state index in [9.17, 15) is 13.2 Å². The van der Waals surface area contributed by atoms with Gasteiger partial charge >= 0.3 is 6.18 Å². The maximum absolute atomic E-state index is 13.2. The highest BCUT2D eigenvalue weighted by Gasteiger charge is 2.33. The number of hydrogen-bond donors (Lipinski definition) is 3. The van der Waals surface area contributed by atoms with Crippen molar-refractivity contribution in [3.05, 3.63) is 64.4 Å². The number of nitrogen functional groups attached to an aromatic ring is 1. The highest BCUT2D eigenvalue weighted by molar-refractivity contribution is 6.35. The number of aromatic nitrogens is 2. The minimum atomic E-state index is -4.52. The summed E-state index contributed by atoms with van der Waals surface area (Å²) in [6.45, 7) is 0. The maximum atomic E-state index is 13.2. The zero-order valence-electron chi connectivity index (χ0n) is 13.5. The fraction of sp³-hybridized carbons (Fsp3) is 0.0588. The van der Waals surface area contributed by atoms with Gasteiger partial charge in [0.15, 0.2) is 11.6 Å². The fourth-order valence-electron chi connectivity index (χ4n) is 2.32. The van der Waals surface area contributed by atoms with Gasteiger partial charge in [-0.15, -0.1) is 0 Å². The van der Waals surface area contributed by atoms with Crippen LogP contribution in [0.3, 0.4) is 0 Å². The van der Waals surface area contributed by atoms with Crippen LogP contribution in [0, 0.1) is 0 Å². The molecular weight excluding hydrogens is 402 g/mol. The van der Waals surface area contributed by atoms with Gasteiger partial charge in [0.05, 0.1) is 11.3 Å². The van der Waals surface area contributed by atoms with E-state index in [1.807, 2.05) is 0 Å². The summed E-state index contributed by atoms with van der Waals surface area (Å²) in [5, 5.41) is 6.32. The van der Waals surface area contributed by atoms with Crippen LogP contribution >= 0.6 is 23.2 Å². The minimum Gasteiger partial charge on any atom is -0.393 e. The van der Waals surface area contributed by atoms with Gasteiger partial charge in [0.1, 0.15) is 12.0 Å². The number of nitrogens with one attached hydrogen (secondary N) is 2. The first-order valence-electron chi connectivity index (χ1n) is 7.51. The highest BCUT2D eigenvalue weighted by atomic mass is 35.5. The smallest absolute Gasteiger partial charge is 0.393 e. The first-order chi connectivity index (χ1) is 12.7. The molecule has 1 heterocycles. The Bertz CT molecular complexity index is 959. The molecule has 0 radical (unpaired) electrons. The number of para-hydroxylation sites is 1. The number of anilines is 5. The minimum absolute atomic E-state index is 0.0253. The Hall–Kier alpha value is -2.71. The average molecular weight is 414 g/mol. The molecular formula is C17H12Cl2F3N5. The van der Waals surface area contributed by atoms with Crippen LogP contribution in [0.5, 0.6) is 0 Å². The Morgan fingerprint density at radius 3 is 2.11 bits per heavy atom. The summed E-state index contributed by atoms with van der Waals surface area (Å²) in [7, 11) is 0. The predicted octanol–water partition coefficient (Wildman–Crippen LogP) is 5.87. The number of rotatable bonds is 4. The first kappa shape index (κ1) is 19.1. The second kappa shape index (κ2) is 7.50. The molecule has 0 spiro atoms. The van der Waals surface area contributed by atoms with E-state index in [2.05, 4.69) is 20.6 Å². The molecule has 27 heavy (non-hydrogen) atoms. The molecule has 0 amide bonds. The third kappa shape index (κ3) is 4.53. The van der Waals surface area contributed by atoms with Crippen molar-refractivity contribution >= 4 is 51.9 Å². The van der Waals surface area contributed by atoms with Crippen molar-refractivity contribution in [1.82, 2.24) is 9.97 Å². The molecule has 0 unspecified atom stereocenters. The van der Waals surface area contributed by atoms with Crippen molar-refractivity contribution in [2.24, 2.45) is 0 Å². The highest BCUT2D eigenvalue weighted by Crippen LogP contribution is 2.37. The van der Waals surface area contributed by atoms with E-state index in [1.54, 1.807) is 18.2 Å². The summed E-state index contributed by atoms with van der Waals surface area (Å²) in [5.74, 6) is 0.215. The largest absolute Gasteiger partial charge is 0.418 e. The molecule has 0 fully saturated rings. The molecule has 0 aliphatic heterocycles. The standard InChI is InChI=1S/C17H12Cl2F3N5/c18-9-5-10(19)7-11(6-9)26-15-14(23)16(25-8-24-15)27-13-4-2-1-3-12(13)17(20,21)22/h1-8H,23H2,(H2,24,25,26,27). The molecule has 3 aromatic rings. The Labute approximate surface area is 162 Å². The lowest BCUT2D eigenvalue weighted by atomic mass is 10.1. The average Bonchev–Trinajstić information content (AvgIpc) is 2.57. The number of nitrogens with zero attached hydrogens (tertiary/aromatic N) is 2. The molecule has 0 saturated carbocycles. The molecule has 4 N–H and O–H groups in total. The van der Waals surface area contributed by atoms with Gasteiger partial charge in [-0.1, -0.05) is 35.3 Å². The number of hydrogen-bond acceptors (Lipinski definition) is 5. The second-order valence-corrected chi connectivity index (χ2v) is 6.31. The summed E-state index contributed by atoms with van der Waals surface area (Å²) < 4.78 is 39.5. The summed E-state index contributed by atoms with van der Waals surface area (Å²) in [5.41, 5.74) is 5.56. The van der Waals surface area contributed by atoms with Crippen molar-refractivity contribution < 1.29 is 13.2 Å². The summed E-state index contributed by atoms with van der Waals surface area (Å²) >= 11 is 11.9. The molecule has 0 aliphatic carbocycles. The zero-order chi connectivity index (χ0) is 19.6. The number of alkyl halides is 3. The van der Waals surface area contributed by atoms with E-state index in [4.69, 9.17) is 28.9 Å². The van der Waals surface area contributed by atoms with Crippen molar-refractivity contribution in [2.75, 3.05) is 16.4 Å². The first-order valence-corrected chi connectivity index (χ1v) is 8.26. The zero-order valence-corrected chi connectivity index (χ0v) is 15.0. The van der Waals surface area contributed by atoms with Crippen LogP contribution in [-0.2, 0) is 6.18 Å². The molecule has 0 bridgehead atoms. The molecule has 5 nitrogen and oxygen atoms in total. The molecule has 1 aromatic heterocycles. The SMILES string of the molecule is Nc1c(Nc2cc(Cl)cc(Cl)c2)ncnc1Nc1ccccc1C(F)(F)F. The van der Waals surface area contributed by atoms with Crippen LogP contribution in [-0.4, -0.2) is 9.97 Å². The Kier molecular flexibility index (Phi) is 5.29. The topological polar surface area (TPSA) is 75.9 Å². The molecule has 0 atom stereocenters. The van der Waals surface area contributed by atoms with Crippen LogP contribution in [0.4, 0.5) is 41.9 Å². The Balaban J connectivity index is 1.92. The van der Waals surface area contributed by atoms with Crippen LogP contribution in [0.25, 0.3) is 0 Å². The van der Waals surface area contributed by atoms with Crippen LogP contribution < -0.4 is 16.4 Å². The number of halogens is 5. The van der Waals surface area contributed by atoms with E-state index in [0.29, 0.717) is 15.7 Å². The van der Waals surface area contributed by atoms with E-state index < -0.39 is 11.7 Å². The van der Waals surface area contributed by atoms with Gasteiger partial charge in [0.25, 0.3) is 0 Å². The summed E-state index contributed by atoms with van der Waals surface area (Å²) in [6, 6.07) is 9.77. The van der Waals surface area contributed by atoms with E-state index in [-0.39, 0.29) is 23.0 Å². The Morgan fingerprint density at radius 2 is 1.48 bits per heavy atom. The third-order valence-corrected chi connectivity index (χ3v) is 3.93. The summed E-state index contributed by atoms with van der Waals surface area (Å²) in [4.78, 5) is 7.94.